The number of carbonyl (C=O) groups excluding carboxylic acids is 1. The molecule has 1 aromatic carbocycles. The largest absolute Gasteiger partial charge is 0.391 e. The minimum atomic E-state index is -0.611. The molecule has 1 saturated heterocycles. The highest BCUT2D eigenvalue weighted by Crippen LogP contribution is 2.36. The highest BCUT2D eigenvalue weighted by atomic mass is 35.5. The van der Waals surface area contributed by atoms with Gasteiger partial charge < -0.3 is 15.2 Å². The quantitative estimate of drug-likeness (QED) is 0.891. The second-order valence-corrected chi connectivity index (χ2v) is 7.07. The molecule has 2 atom stereocenters. The van der Waals surface area contributed by atoms with Crippen LogP contribution in [0.5, 0.6) is 0 Å². The summed E-state index contributed by atoms with van der Waals surface area (Å²) in [4.78, 5) is 13.1. The Morgan fingerprint density at radius 3 is 2.70 bits per heavy atom. The van der Waals surface area contributed by atoms with E-state index in [1.54, 1.807) is 0 Å². The third-order valence-electron chi connectivity index (χ3n) is 5.20. The Bertz CT molecular complexity index is 557. The molecule has 23 heavy (non-hydrogen) atoms. The van der Waals surface area contributed by atoms with Crippen LogP contribution in [0.1, 0.15) is 44.1 Å². The summed E-state index contributed by atoms with van der Waals surface area (Å²) in [6.45, 7) is 1.13. The summed E-state index contributed by atoms with van der Waals surface area (Å²) in [6, 6.07) is 7.41. The van der Waals surface area contributed by atoms with Crippen LogP contribution in [0.3, 0.4) is 0 Å². The lowest BCUT2D eigenvalue weighted by molar-refractivity contribution is -0.132. The SMILES string of the molecule is O=C(NC1CCCCC1O)C1(c2cccc(Cl)c2)CCOCC1. The van der Waals surface area contributed by atoms with Gasteiger partial charge in [0.2, 0.25) is 5.91 Å². The van der Waals surface area contributed by atoms with Crippen LogP contribution in [-0.2, 0) is 14.9 Å². The first-order valence-electron chi connectivity index (χ1n) is 8.45. The summed E-state index contributed by atoms with van der Waals surface area (Å²) in [6.07, 6.45) is 4.52. The van der Waals surface area contributed by atoms with Crippen LogP contribution in [0.4, 0.5) is 0 Å². The fourth-order valence-electron chi connectivity index (χ4n) is 3.74. The molecule has 2 fully saturated rings. The lowest BCUT2D eigenvalue weighted by Crippen LogP contribution is -2.54. The summed E-state index contributed by atoms with van der Waals surface area (Å²) < 4.78 is 5.48. The predicted molar refractivity (Wildman–Crippen MR) is 89.6 cm³/mol. The van der Waals surface area contributed by atoms with E-state index in [2.05, 4.69) is 5.32 Å². The maximum atomic E-state index is 13.1. The molecule has 1 aromatic rings. The zero-order valence-corrected chi connectivity index (χ0v) is 14.0. The second-order valence-electron chi connectivity index (χ2n) is 6.64. The highest BCUT2D eigenvalue weighted by molar-refractivity contribution is 6.30. The molecule has 1 aliphatic heterocycles. The van der Waals surface area contributed by atoms with Crippen molar-refractivity contribution in [1.82, 2.24) is 5.32 Å². The molecule has 2 unspecified atom stereocenters. The average molecular weight is 338 g/mol. The van der Waals surface area contributed by atoms with Gasteiger partial charge in [-0.05, 0) is 43.4 Å². The standard InChI is InChI=1S/C18H24ClNO3/c19-14-5-3-4-13(12-14)18(8-10-23-11-9-18)17(22)20-15-6-1-2-7-16(15)21/h3-5,12,15-16,21H,1-2,6-11H2,(H,20,22). The minimum Gasteiger partial charge on any atom is -0.391 e. The van der Waals surface area contributed by atoms with E-state index < -0.39 is 11.5 Å². The molecular formula is C18H24ClNO3. The van der Waals surface area contributed by atoms with Crippen molar-refractivity contribution in [1.29, 1.82) is 0 Å². The van der Waals surface area contributed by atoms with Gasteiger partial charge in [-0.15, -0.1) is 0 Å². The van der Waals surface area contributed by atoms with Gasteiger partial charge in [-0.25, -0.2) is 0 Å². The third kappa shape index (κ3) is 3.54. The Labute approximate surface area is 142 Å². The van der Waals surface area contributed by atoms with Crippen molar-refractivity contribution >= 4 is 17.5 Å². The number of rotatable bonds is 3. The third-order valence-corrected chi connectivity index (χ3v) is 5.44. The Morgan fingerprint density at radius 2 is 2.00 bits per heavy atom. The number of carbonyl (C=O) groups is 1. The van der Waals surface area contributed by atoms with E-state index in [1.807, 2.05) is 24.3 Å². The summed E-state index contributed by atoms with van der Waals surface area (Å²) in [7, 11) is 0. The number of hydrogen-bond donors (Lipinski definition) is 2. The normalized spacial score (nSPS) is 27.4. The molecule has 1 amide bonds. The van der Waals surface area contributed by atoms with Crippen molar-refractivity contribution in [3.05, 3.63) is 34.9 Å². The summed E-state index contributed by atoms with van der Waals surface area (Å²) in [5, 5.41) is 13.9. The van der Waals surface area contributed by atoms with Crippen LogP contribution >= 0.6 is 11.6 Å². The molecule has 0 aromatic heterocycles. The number of benzene rings is 1. The Hall–Kier alpha value is -1.10. The van der Waals surface area contributed by atoms with E-state index in [0.717, 1.165) is 31.2 Å². The van der Waals surface area contributed by atoms with Crippen molar-refractivity contribution < 1.29 is 14.6 Å². The van der Waals surface area contributed by atoms with E-state index in [9.17, 15) is 9.90 Å². The number of nitrogens with one attached hydrogen (secondary N) is 1. The number of amides is 1. The molecule has 5 heteroatoms. The van der Waals surface area contributed by atoms with Gasteiger partial charge in [0.05, 0.1) is 17.6 Å². The van der Waals surface area contributed by atoms with Crippen LogP contribution in [0.2, 0.25) is 5.02 Å². The molecule has 2 N–H and O–H groups in total. The van der Waals surface area contributed by atoms with Gasteiger partial charge in [0.15, 0.2) is 0 Å². The maximum absolute atomic E-state index is 13.1. The van der Waals surface area contributed by atoms with E-state index in [-0.39, 0.29) is 11.9 Å². The van der Waals surface area contributed by atoms with Gasteiger partial charge in [-0.3, -0.25) is 4.79 Å². The molecule has 2 aliphatic rings. The van der Waals surface area contributed by atoms with Crippen molar-refractivity contribution in [2.45, 2.75) is 56.1 Å². The first-order valence-corrected chi connectivity index (χ1v) is 8.82. The molecule has 0 radical (unpaired) electrons. The van der Waals surface area contributed by atoms with Gasteiger partial charge in [-0.1, -0.05) is 36.6 Å². The molecule has 1 aliphatic carbocycles. The van der Waals surface area contributed by atoms with Crippen molar-refractivity contribution in [2.24, 2.45) is 0 Å². The molecular weight excluding hydrogens is 314 g/mol. The first kappa shape index (κ1) is 16.7. The number of halogens is 1. The number of aliphatic hydroxyl groups excluding tert-OH is 1. The first-order chi connectivity index (χ1) is 11.1. The molecule has 126 valence electrons. The fourth-order valence-corrected chi connectivity index (χ4v) is 3.93. The molecule has 0 bridgehead atoms. The van der Waals surface area contributed by atoms with E-state index in [4.69, 9.17) is 16.3 Å². The number of hydrogen-bond acceptors (Lipinski definition) is 3. The lowest BCUT2D eigenvalue weighted by atomic mass is 9.73. The summed E-state index contributed by atoms with van der Waals surface area (Å²) >= 11 is 6.14. The van der Waals surface area contributed by atoms with E-state index >= 15 is 0 Å². The number of ether oxygens (including phenoxy) is 1. The van der Waals surface area contributed by atoms with Gasteiger partial charge in [0.1, 0.15) is 0 Å². The molecule has 3 rings (SSSR count). The van der Waals surface area contributed by atoms with Crippen LogP contribution in [0.25, 0.3) is 0 Å². The minimum absolute atomic E-state index is 0.00554. The predicted octanol–water partition coefficient (Wildman–Crippen LogP) is 2.81. The molecule has 0 spiro atoms. The Morgan fingerprint density at radius 1 is 1.26 bits per heavy atom. The Kier molecular flexibility index (Phi) is 5.24. The topological polar surface area (TPSA) is 58.6 Å². The Balaban J connectivity index is 1.84. The van der Waals surface area contributed by atoms with Crippen molar-refractivity contribution in [2.75, 3.05) is 13.2 Å². The second kappa shape index (κ2) is 7.20. The van der Waals surface area contributed by atoms with E-state index in [1.165, 1.54) is 0 Å². The average Bonchev–Trinajstić information content (AvgIpc) is 2.57. The van der Waals surface area contributed by atoms with Gasteiger partial charge >= 0.3 is 0 Å². The molecule has 4 nitrogen and oxygen atoms in total. The zero-order valence-electron chi connectivity index (χ0n) is 13.3. The lowest BCUT2D eigenvalue weighted by Gasteiger charge is -2.39. The van der Waals surface area contributed by atoms with Crippen molar-refractivity contribution in [3.63, 3.8) is 0 Å². The van der Waals surface area contributed by atoms with Gasteiger partial charge in [0, 0.05) is 18.2 Å². The van der Waals surface area contributed by atoms with Crippen molar-refractivity contribution in [3.8, 4) is 0 Å². The van der Waals surface area contributed by atoms with Crippen LogP contribution in [-0.4, -0.2) is 36.4 Å². The number of aliphatic hydroxyl groups is 1. The zero-order chi connectivity index (χ0) is 16.3. The van der Waals surface area contributed by atoms with E-state index in [0.29, 0.717) is 31.1 Å². The fraction of sp³-hybridized carbons (Fsp3) is 0.611. The van der Waals surface area contributed by atoms with Gasteiger partial charge in [-0.2, -0.15) is 0 Å². The van der Waals surface area contributed by atoms with Crippen LogP contribution in [0.15, 0.2) is 24.3 Å². The molecule has 1 heterocycles. The van der Waals surface area contributed by atoms with Crippen LogP contribution in [0, 0.1) is 0 Å². The van der Waals surface area contributed by atoms with Gasteiger partial charge in [0.25, 0.3) is 0 Å². The maximum Gasteiger partial charge on any atom is 0.231 e. The molecule has 1 saturated carbocycles. The smallest absolute Gasteiger partial charge is 0.231 e. The monoisotopic (exact) mass is 337 g/mol. The highest BCUT2D eigenvalue weighted by Gasteiger charge is 2.43. The summed E-state index contributed by atoms with van der Waals surface area (Å²) in [5.74, 6) is -0.00554. The summed E-state index contributed by atoms with van der Waals surface area (Å²) in [5.41, 5.74) is 0.330. The van der Waals surface area contributed by atoms with Crippen LogP contribution < -0.4 is 5.32 Å².